The van der Waals surface area contributed by atoms with Gasteiger partial charge in [-0.15, -0.1) is 0 Å². The number of hydrogen-bond donors (Lipinski definition) is 4. The van der Waals surface area contributed by atoms with Crippen LogP contribution >= 0.6 is 7.82 Å². The number of aromatic amines is 1. The number of hydrogen-bond acceptors (Lipinski definition) is 6. The number of phosphoric ester groups is 1. The highest BCUT2D eigenvalue weighted by atomic mass is 31.2. The van der Waals surface area contributed by atoms with Crippen LogP contribution in [0.3, 0.4) is 0 Å². The molecule has 24 heavy (non-hydrogen) atoms. The Balaban J connectivity index is 2.45. The number of nitrogens with one attached hydrogen (secondary N) is 1. The minimum atomic E-state index is -5.34. The number of aliphatic hydroxyl groups is 1. The summed E-state index contributed by atoms with van der Waals surface area (Å²) in [4.78, 5) is 42.1. The highest BCUT2D eigenvalue weighted by molar-refractivity contribution is 7.46. The van der Waals surface area contributed by atoms with E-state index in [4.69, 9.17) is 38.1 Å². The molecule has 10 nitrogen and oxygen atoms in total. The zero-order valence-electron chi connectivity index (χ0n) is 11.8. The molecule has 3 atom stereocenters. The third-order valence-corrected chi connectivity index (χ3v) is 3.85. The van der Waals surface area contributed by atoms with Crippen molar-refractivity contribution in [3.05, 3.63) is 33.1 Å². The van der Waals surface area contributed by atoms with Gasteiger partial charge in [0.25, 0.3) is 5.56 Å². The van der Waals surface area contributed by atoms with Gasteiger partial charge in [0.05, 0.1) is 11.5 Å². The summed E-state index contributed by atoms with van der Waals surface area (Å²) >= 11 is 0. The maximum absolute atomic E-state index is 14.9. The topological polar surface area (TPSA) is 151 Å². The monoisotopic (exact) mass is 356 g/mol. The molecule has 0 aromatic carbocycles. The highest BCUT2D eigenvalue weighted by Crippen LogP contribution is 2.50. The van der Waals surface area contributed by atoms with Crippen molar-refractivity contribution < 1.29 is 33.1 Å². The normalized spacial score (nSPS) is 31.2. The van der Waals surface area contributed by atoms with Gasteiger partial charge in [0.15, 0.2) is 0 Å². The Hall–Kier alpha value is -1.17. The van der Waals surface area contributed by atoms with Crippen LogP contribution in [0.4, 0.5) is 4.39 Å². The molecular weight excluding hydrogens is 347 g/mol. The summed E-state index contributed by atoms with van der Waals surface area (Å²) in [5.74, 6) is -3.39. The molecule has 1 saturated heterocycles. The number of ether oxygens (including phenoxy) is 1. The zero-order valence-corrected chi connectivity index (χ0v) is 12.7. The standard InChI is InChI=1S/C9H9B3FN2O8P/c10-8(15-2-1-5(17)14-6(15)18)4(16)3-7(13,22-8)9(11,12)23-24(19,20)21/h1-2,4,16H,3H2,(H,14,17,18)(H2,19,20,21)/t4-,7+,8+/m1/s1. The molecule has 0 saturated carbocycles. The molecular formula is C9H9B3FN2O8P. The van der Waals surface area contributed by atoms with Crippen LogP contribution in [-0.2, 0) is 19.4 Å². The quantitative estimate of drug-likeness (QED) is 0.327. The van der Waals surface area contributed by atoms with Crippen molar-refractivity contribution in [2.24, 2.45) is 0 Å². The van der Waals surface area contributed by atoms with Gasteiger partial charge < -0.3 is 19.6 Å². The van der Waals surface area contributed by atoms with Crippen LogP contribution < -0.4 is 11.2 Å². The van der Waals surface area contributed by atoms with E-state index in [0.717, 1.165) is 12.3 Å². The van der Waals surface area contributed by atoms with Gasteiger partial charge >= 0.3 is 13.5 Å². The van der Waals surface area contributed by atoms with E-state index < -0.39 is 48.5 Å². The van der Waals surface area contributed by atoms with Gasteiger partial charge in [-0.2, -0.15) is 0 Å². The van der Waals surface area contributed by atoms with E-state index in [1.165, 1.54) is 0 Å². The van der Waals surface area contributed by atoms with Crippen LogP contribution in [0.5, 0.6) is 0 Å². The fourth-order valence-electron chi connectivity index (χ4n) is 2.17. The molecule has 4 N–H and O–H groups in total. The molecule has 1 fully saturated rings. The van der Waals surface area contributed by atoms with Crippen LogP contribution in [0, 0.1) is 0 Å². The number of nitrogens with zero attached hydrogens (tertiary/aromatic N) is 1. The molecule has 2 rings (SSSR count). The lowest BCUT2D eigenvalue weighted by Gasteiger charge is -2.39. The summed E-state index contributed by atoms with van der Waals surface area (Å²) in [6, 6.07) is 0.842. The Morgan fingerprint density at radius 3 is 2.58 bits per heavy atom. The molecule has 1 aliphatic heterocycles. The predicted octanol–water partition coefficient (Wildman–Crippen LogP) is -3.14. The molecule has 1 aliphatic rings. The van der Waals surface area contributed by atoms with Crippen LogP contribution in [0.1, 0.15) is 6.42 Å². The maximum Gasteiger partial charge on any atom is 0.468 e. The van der Waals surface area contributed by atoms with Gasteiger partial charge in [0.2, 0.25) is 5.85 Å². The van der Waals surface area contributed by atoms with E-state index in [1.807, 2.05) is 0 Å². The highest BCUT2D eigenvalue weighted by Gasteiger charge is 2.62. The van der Waals surface area contributed by atoms with Crippen molar-refractivity contribution in [3.8, 4) is 0 Å². The number of halogens is 1. The number of aliphatic hydroxyl groups excluding tert-OH is 1. The fraction of sp³-hybridized carbons (Fsp3) is 0.556. The van der Waals surface area contributed by atoms with Crippen LogP contribution in [0.2, 0.25) is 0 Å². The smallest absolute Gasteiger partial charge is 0.389 e. The first-order valence-corrected chi connectivity index (χ1v) is 7.76. The Labute approximate surface area is 137 Å². The lowest BCUT2D eigenvalue weighted by Crippen LogP contribution is -2.56. The minimum absolute atomic E-state index is 0.452. The fourth-order valence-corrected chi connectivity index (χ4v) is 2.70. The molecule has 124 valence electrons. The summed E-state index contributed by atoms with van der Waals surface area (Å²) < 4.78 is 34.9. The van der Waals surface area contributed by atoms with Gasteiger partial charge in [-0.25, -0.2) is 13.8 Å². The second-order valence-electron chi connectivity index (χ2n) is 5.16. The maximum atomic E-state index is 14.9. The lowest BCUT2D eigenvalue weighted by molar-refractivity contribution is -0.219. The molecule has 6 radical (unpaired) electrons. The van der Waals surface area contributed by atoms with Crippen molar-refractivity contribution >= 4 is 31.4 Å². The predicted molar refractivity (Wildman–Crippen MR) is 78.0 cm³/mol. The second kappa shape index (κ2) is 5.68. The summed E-state index contributed by atoms with van der Waals surface area (Å²) in [6.45, 7) is 0. The van der Waals surface area contributed by atoms with E-state index in [0.29, 0.717) is 4.57 Å². The Morgan fingerprint density at radius 1 is 1.50 bits per heavy atom. The summed E-state index contributed by atoms with van der Waals surface area (Å²) in [5.41, 5.74) is -4.53. The van der Waals surface area contributed by atoms with E-state index in [2.05, 4.69) is 4.52 Å². The largest absolute Gasteiger partial charge is 0.468 e. The Kier molecular flexibility index (Phi) is 4.54. The third kappa shape index (κ3) is 3.30. The van der Waals surface area contributed by atoms with Gasteiger partial charge in [0.1, 0.15) is 29.2 Å². The average Bonchev–Trinajstić information content (AvgIpc) is 2.58. The van der Waals surface area contributed by atoms with Gasteiger partial charge in [0, 0.05) is 18.7 Å². The van der Waals surface area contributed by atoms with Gasteiger partial charge in [-0.1, -0.05) is 0 Å². The summed E-state index contributed by atoms with van der Waals surface area (Å²) in [5, 5.41) is 6.77. The molecule has 0 unspecified atom stereocenters. The first-order chi connectivity index (χ1) is 10.7. The summed E-state index contributed by atoms with van der Waals surface area (Å²) in [6.07, 6.45) is -2.23. The van der Waals surface area contributed by atoms with E-state index in [9.17, 15) is 23.7 Å². The molecule has 0 bridgehead atoms. The van der Waals surface area contributed by atoms with Crippen molar-refractivity contribution in [2.45, 2.75) is 29.4 Å². The van der Waals surface area contributed by atoms with Crippen molar-refractivity contribution in [2.75, 3.05) is 0 Å². The lowest BCUT2D eigenvalue weighted by atomic mass is 9.60. The van der Waals surface area contributed by atoms with E-state index in [1.54, 1.807) is 4.98 Å². The molecule has 0 spiro atoms. The number of rotatable bonds is 4. The SMILES string of the molecule is [B]C([B])(OP(=O)(O)O)[C@]1(F)C[C@@H](O)[C@]([B])(n2ccc(=O)[nH]c2=O)O1. The van der Waals surface area contributed by atoms with Crippen molar-refractivity contribution in [1.29, 1.82) is 0 Å². The zero-order chi connectivity index (χ0) is 18.6. The molecule has 2 heterocycles. The first-order valence-electron chi connectivity index (χ1n) is 6.23. The molecule has 0 amide bonds. The summed E-state index contributed by atoms with van der Waals surface area (Å²) in [7, 11) is 10.8. The number of aromatic nitrogens is 2. The number of phosphoric acid groups is 1. The van der Waals surface area contributed by atoms with Crippen LogP contribution in [-0.4, -0.2) is 65.3 Å². The molecule has 1 aromatic heterocycles. The molecule has 1 aromatic rings. The Bertz CT molecular complexity index is 810. The van der Waals surface area contributed by atoms with Gasteiger partial charge in [-0.3, -0.25) is 18.9 Å². The van der Waals surface area contributed by atoms with E-state index >= 15 is 0 Å². The third-order valence-electron chi connectivity index (χ3n) is 3.31. The van der Waals surface area contributed by atoms with Crippen LogP contribution in [0.15, 0.2) is 21.9 Å². The average molecular weight is 356 g/mol. The Morgan fingerprint density at radius 2 is 2.08 bits per heavy atom. The van der Waals surface area contributed by atoms with Crippen LogP contribution in [0.25, 0.3) is 0 Å². The van der Waals surface area contributed by atoms with Gasteiger partial charge in [-0.05, 0) is 0 Å². The molecule has 0 aliphatic carbocycles. The molecule has 15 heteroatoms. The van der Waals surface area contributed by atoms with Crippen molar-refractivity contribution in [3.63, 3.8) is 0 Å². The second-order valence-corrected chi connectivity index (χ2v) is 6.32. The minimum Gasteiger partial charge on any atom is -0.389 e. The number of H-pyrrole nitrogens is 1. The van der Waals surface area contributed by atoms with Crippen molar-refractivity contribution in [1.82, 2.24) is 9.55 Å². The number of alkyl halides is 1. The van der Waals surface area contributed by atoms with E-state index in [-0.39, 0.29) is 0 Å². The first kappa shape index (κ1) is 19.2.